The summed E-state index contributed by atoms with van der Waals surface area (Å²) < 4.78 is 5.12. The Labute approximate surface area is 159 Å². The third-order valence-corrected chi connectivity index (χ3v) is 3.91. The van der Waals surface area contributed by atoms with Crippen molar-refractivity contribution in [1.82, 2.24) is 10.6 Å². The van der Waals surface area contributed by atoms with E-state index in [2.05, 4.69) is 10.6 Å². The van der Waals surface area contributed by atoms with Crippen molar-refractivity contribution in [2.24, 2.45) is 5.92 Å². The molecule has 148 valence electrons. The van der Waals surface area contributed by atoms with Gasteiger partial charge in [-0.05, 0) is 30.0 Å². The van der Waals surface area contributed by atoms with Crippen LogP contribution in [-0.4, -0.2) is 43.1 Å². The summed E-state index contributed by atoms with van der Waals surface area (Å²) in [5.41, 5.74) is 1.24. The lowest BCUT2D eigenvalue weighted by Crippen LogP contribution is -2.47. The summed E-state index contributed by atoms with van der Waals surface area (Å²) >= 11 is 0. The summed E-state index contributed by atoms with van der Waals surface area (Å²) in [5.74, 6) is -0.871. The van der Waals surface area contributed by atoms with Crippen LogP contribution in [0, 0.1) is 5.92 Å². The number of likely N-dealkylation sites (N-methyl/N-ethyl adjacent to an activating group) is 1. The molecular weight excluding hydrogens is 348 g/mol. The van der Waals surface area contributed by atoms with Gasteiger partial charge in [0.25, 0.3) is 0 Å². The van der Waals surface area contributed by atoms with Crippen LogP contribution in [0.2, 0.25) is 0 Å². The van der Waals surface area contributed by atoms with Crippen molar-refractivity contribution >= 4 is 17.8 Å². The highest BCUT2D eigenvalue weighted by molar-refractivity contribution is 5.97. The normalized spacial score (nSPS) is 12.4. The maximum atomic E-state index is 12.6. The molecule has 0 fully saturated rings. The Balaban J connectivity index is 2.94. The van der Waals surface area contributed by atoms with Crippen molar-refractivity contribution in [3.63, 3.8) is 0 Å². The number of ether oxygens (including phenoxy) is 1. The third-order valence-electron chi connectivity index (χ3n) is 3.91. The third kappa shape index (κ3) is 7.94. The number of carbonyl (C=O) groups excluding carboxylic acids is 2. The van der Waals surface area contributed by atoms with E-state index in [1.807, 2.05) is 26.0 Å². The molecule has 2 amide bonds. The minimum absolute atomic E-state index is 0.177. The Morgan fingerprint density at radius 1 is 1.19 bits per heavy atom. The number of carboxylic acid groups (broad SMARTS) is 1. The predicted octanol–water partition coefficient (Wildman–Crippen LogP) is 1.92. The average Bonchev–Trinajstić information content (AvgIpc) is 2.63. The van der Waals surface area contributed by atoms with E-state index < -0.39 is 17.9 Å². The highest BCUT2D eigenvalue weighted by Gasteiger charge is 2.22. The molecule has 1 atom stereocenters. The standard InChI is InChI=1S/C20H28N2O5/c1-13(2)11-15(7-10-18(23)24)19(25)22-17(20(26)21-3)12-14-5-8-16(27-4)9-6-14/h5-9,13,17H,10-12H2,1-4H3,(H,21,26)(H,22,25)(H,23,24)/t17-/m0/s1. The molecule has 0 aliphatic rings. The van der Waals surface area contributed by atoms with Gasteiger partial charge in [-0.1, -0.05) is 32.1 Å². The zero-order valence-corrected chi connectivity index (χ0v) is 16.2. The maximum Gasteiger partial charge on any atom is 0.307 e. The number of rotatable bonds is 10. The number of benzene rings is 1. The van der Waals surface area contributed by atoms with Gasteiger partial charge in [0.15, 0.2) is 0 Å². The second kappa shape index (κ2) is 11.0. The lowest BCUT2D eigenvalue weighted by Gasteiger charge is -2.19. The highest BCUT2D eigenvalue weighted by atomic mass is 16.5. The fourth-order valence-corrected chi connectivity index (χ4v) is 2.55. The number of aliphatic carboxylic acids is 1. The molecular formula is C20H28N2O5. The highest BCUT2D eigenvalue weighted by Crippen LogP contribution is 2.15. The fraction of sp³-hybridized carbons (Fsp3) is 0.450. The van der Waals surface area contributed by atoms with Crippen molar-refractivity contribution in [3.8, 4) is 5.75 Å². The number of amides is 2. The summed E-state index contributed by atoms with van der Waals surface area (Å²) in [6, 6.07) is 6.47. The molecule has 0 saturated carbocycles. The summed E-state index contributed by atoms with van der Waals surface area (Å²) in [4.78, 5) is 35.7. The van der Waals surface area contributed by atoms with E-state index in [0.29, 0.717) is 24.2 Å². The number of carboxylic acids is 1. The molecule has 0 spiro atoms. The maximum absolute atomic E-state index is 12.6. The van der Waals surface area contributed by atoms with Gasteiger partial charge in [0, 0.05) is 19.0 Å². The molecule has 0 saturated heterocycles. The minimum Gasteiger partial charge on any atom is -0.497 e. The second-order valence-electron chi connectivity index (χ2n) is 6.62. The van der Waals surface area contributed by atoms with Crippen LogP contribution in [-0.2, 0) is 20.8 Å². The lowest BCUT2D eigenvalue weighted by molar-refractivity contribution is -0.136. The average molecular weight is 376 g/mol. The minimum atomic E-state index is -1.01. The monoisotopic (exact) mass is 376 g/mol. The Hall–Kier alpha value is -2.83. The largest absolute Gasteiger partial charge is 0.497 e. The fourth-order valence-electron chi connectivity index (χ4n) is 2.55. The summed E-state index contributed by atoms with van der Waals surface area (Å²) in [7, 11) is 3.08. The Bertz CT molecular complexity index is 680. The van der Waals surface area contributed by atoms with Crippen molar-refractivity contribution in [2.75, 3.05) is 14.2 Å². The van der Waals surface area contributed by atoms with Gasteiger partial charge in [0.05, 0.1) is 13.5 Å². The number of hydrogen-bond donors (Lipinski definition) is 3. The first-order valence-corrected chi connectivity index (χ1v) is 8.83. The Morgan fingerprint density at radius 2 is 1.81 bits per heavy atom. The molecule has 0 aromatic heterocycles. The van der Waals surface area contributed by atoms with Crippen LogP contribution in [0.15, 0.2) is 35.9 Å². The van der Waals surface area contributed by atoms with Gasteiger partial charge >= 0.3 is 5.97 Å². The smallest absolute Gasteiger partial charge is 0.307 e. The molecule has 0 aliphatic heterocycles. The number of hydrogen-bond acceptors (Lipinski definition) is 4. The Kier molecular flexibility index (Phi) is 9.05. The molecule has 27 heavy (non-hydrogen) atoms. The van der Waals surface area contributed by atoms with Crippen molar-refractivity contribution in [1.29, 1.82) is 0 Å². The molecule has 3 N–H and O–H groups in total. The number of carbonyl (C=O) groups is 3. The van der Waals surface area contributed by atoms with Crippen LogP contribution in [0.4, 0.5) is 0 Å². The van der Waals surface area contributed by atoms with Gasteiger partial charge in [0.2, 0.25) is 11.8 Å². The van der Waals surface area contributed by atoms with E-state index >= 15 is 0 Å². The van der Waals surface area contributed by atoms with E-state index in [4.69, 9.17) is 9.84 Å². The van der Waals surface area contributed by atoms with Crippen LogP contribution in [0.1, 0.15) is 32.3 Å². The number of methoxy groups -OCH3 is 1. The van der Waals surface area contributed by atoms with Crippen molar-refractivity contribution in [2.45, 2.75) is 39.2 Å². The van der Waals surface area contributed by atoms with Crippen molar-refractivity contribution < 1.29 is 24.2 Å². The molecule has 1 rings (SSSR count). The molecule has 0 heterocycles. The molecule has 1 aromatic carbocycles. The predicted molar refractivity (Wildman–Crippen MR) is 102 cm³/mol. The van der Waals surface area contributed by atoms with Crippen LogP contribution in [0.25, 0.3) is 0 Å². The van der Waals surface area contributed by atoms with Crippen molar-refractivity contribution in [3.05, 3.63) is 41.5 Å². The second-order valence-corrected chi connectivity index (χ2v) is 6.62. The molecule has 0 unspecified atom stereocenters. The summed E-state index contributed by atoms with van der Waals surface area (Å²) in [5, 5.41) is 14.2. The van der Waals surface area contributed by atoms with E-state index in [9.17, 15) is 14.4 Å². The number of nitrogens with one attached hydrogen (secondary N) is 2. The summed E-state index contributed by atoms with van der Waals surface area (Å²) in [6.07, 6.45) is 1.91. The molecule has 7 heteroatoms. The van der Waals surface area contributed by atoms with Gasteiger partial charge in [-0.25, -0.2) is 0 Å². The molecule has 0 aliphatic carbocycles. The van der Waals surface area contributed by atoms with E-state index in [-0.39, 0.29) is 18.2 Å². The SMILES string of the molecule is CNC(=O)[C@H](Cc1ccc(OC)cc1)NC(=O)C(=CCC(=O)O)CC(C)C. The van der Waals surface area contributed by atoms with E-state index in [0.717, 1.165) is 5.56 Å². The van der Waals surface area contributed by atoms with E-state index in [1.165, 1.54) is 13.1 Å². The topological polar surface area (TPSA) is 105 Å². The lowest BCUT2D eigenvalue weighted by atomic mass is 9.99. The summed E-state index contributed by atoms with van der Waals surface area (Å²) in [6.45, 7) is 3.88. The first-order valence-electron chi connectivity index (χ1n) is 8.83. The van der Waals surface area contributed by atoms with Gasteiger partial charge in [-0.2, -0.15) is 0 Å². The first-order chi connectivity index (χ1) is 12.8. The molecule has 7 nitrogen and oxygen atoms in total. The van der Waals surface area contributed by atoms with Crippen LogP contribution < -0.4 is 15.4 Å². The zero-order valence-electron chi connectivity index (χ0n) is 16.2. The quantitative estimate of drug-likeness (QED) is 0.541. The van der Waals surface area contributed by atoms with Crippen LogP contribution >= 0.6 is 0 Å². The first kappa shape index (κ1) is 22.2. The van der Waals surface area contributed by atoms with Gasteiger partial charge < -0.3 is 20.5 Å². The molecule has 0 bridgehead atoms. The van der Waals surface area contributed by atoms with Gasteiger partial charge in [-0.3, -0.25) is 14.4 Å². The van der Waals surface area contributed by atoms with E-state index in [1.54, 1.807) is 19.2 Å². The van der Waals surface area contributed by atoms with Crippen LogP contribution in [0.3, 0.4) is 0 Å². The molecule has 1 aromatic rings. The zero-order chi connectivity index (χ0) is 20.4. The van der Waals surface area contributed by atoms with Gasteiger partial charge in [-0.15, -0.1) is 0 Å². The van der Waals surface area contributed by atoms with Gasteiger partial charge in [0.1, 0.15) is 11.8 Å². The van der Waals surface area contributed by atoms with Crippen LogP contribution in [0.5, 0.6) is 5.75 Å². The molecule has 0 radical (unpaired) electrons. The Morgan fingerprint density at radius 3 is 2.30 bits per heavy atom.